The third kappa shape index (κ3) is 75.3. The van der Waals surface area contributed by atoms with Gasteiger partial charge >= 0.3 is 39.5 Å². The summed E-state index contributed by atoms with van der Waals surface area (Å²) in [4.78, 5) is 73.1. The molecule has 0 spiro atoms. The summed E-state index contributed by atoms with van der Waals surface area (Å²) < 4.78 is 68.7. The third-order valence-electron chi connectivity index (χ3n) is 18.3. The summed E-state index contributed by atoms with van der Waals surface area (Å²) in [7, 11) is -9.95. The molecule has 0 aliphatic carbocycles. The van der Waals surface area contributed by atoms with Gasteiger partial charge in [0, 0.05) is 25.7 Å². The molecule has 0 aromatic carbocycles. The largest absolute Gasteiger partial charge is 0.472 e. The number of phosphoric acid groups is 2. The Morgan fingerprint density at radius 1 is 0.275 bits per heavy atom. The maximum absolute atomic E-state index is 13.1. The number of aliphatic hydroxyl groups is 1. The van der Waals surface area contributed by atoms with Crippen LogP contribution in [-0.2, 0) is 65.4 Å². The number of aliphatic hydroxyl groups excluding tert-OH is 1. The molecule has 5 atom stereocenters. The molecule has 102 heavy (non-hydrogen) atoms. The minimum absolute atomic E-state index is 0.0855. The molecule has 0 aromatic heterocycles. The summed E-state index contributed by atoms with van der Waals surface area (Å²) in [5.74, 6) is -2.16. The minimum Gasteiger partial charge on any atom is -0.462 e. The number of allylic oxidation sites excluding steroid dienone is 8. The van der Waals surface area contributed by atoms with E-state index in [9.17, 15) is 43.2 Å². The van der Waals surface area contributed by atoms with Crippen LogP contribution in [0.15, 0.2) is 48.6 Å². The molecule has 0 aliphatic rings. The average molecular weight is 1490 g/mol. The number of hydrogen-bond acceptors (Lipinski definition) is 15. The Bertz CT molecular complexity index is 2120. The van der Waals surface area contributed by atoms with Gasteiger partial charge in [-0.05, 0) is 89.9 Å². The zero-order valence-electron chi connectivity index (χ0n) is 65.6. The van der Waals surface area contributed by atoms with E-state index in [-0.39, 0.29) is 25.7 Å². The molecule has 0 heterocycles. The molecule has 598 valence electrons. The van der Waals surface area contributed by atoms with Crippen molar-refractivity contribution >= 4 is 39.5 Å². The second kappa shape index (κ2) is 76.2. The molecular formula is C83H154O17P2. The lowest BCUT2D eigenvalue weighted by molar-refractivity contribution is -0.161. The number of hydrogen-bond donors (Lipinski definition) is 3. The van der Waals surface area contributed by atoms with Crippen LogP contribution in [0, 0.1) is 0 Å². The molecule has 0 fully saturated rings. The van der Waals surface area contributed by atoms with Gasteiger partial charge in [-0.2, -0.15) is 0 Å². The van der Waals surface area contributed by atoms with E-state index in [1.54, 1.807) is 0 Å². The maximum Gasteiger partial charge on any atom is 0.472 e. The molecule has 0 aliphatic heterocycles. The van der Waals surface area contributed by atoms with Crippen LogP contribution in [0.1, 0.15) is 400 Å². The summed E-state index contributed by atoms with van der Waals surface area (Å²) in [5, 5.41) is 10.7. The standard InChI is InChI=1S/C83H154O17P2/c1-5-9-13-17-21-25-29-33-37-38-42-44-48-52-56-60-64-68-81(86)94-74-79(100-83(88)70-66-62-58-54-50-46-41-36-32-28-24-20-16-12-8-4)76-98-102(91,92)96-72-77(84)71-95-101(89,90)97-75-78(99-82(87)69-65-61-57-53-49-45-40-35-31-27-23-19-15-11-7-3)73-93-80(85)67-63-59-55-51-47-43-39-34-30-26-22-18-14-10-6-2/h22,24,26,28,34,36,39,41,77-79,84H,5-21,23,25,27,29-33,35,37-38,40,42-76H2,1-4H3,(H,89,90)(H,91,92)/b26-22-,28-24-,39-34-,41-36-/t77-,78-,79-/m1/s1. The predicted octanol–water partition coefficient (Wildman–Crippen LogP) is 24.5. The highest BCUT2D eigenvalue weighted by Crippen LogP contribution is 2.45. The SMILES string of the molecule is CCCCC/C=C\C/C=C\CCCCCCCC(=O)OC[C@H](COP(=O)(O)OC[C@@H](O)COP(=O)(O)OC[C@@H](COC(=O)CCCCCCCCCCCCCCCCCCC)OC(=O)CCCCCCC/C=C\C/C=C\CCCCC)OC(=O)CCCCCCCCCCCCCCCCC. The first kappa shape index (κ1) is 99.0. The summed E-state index contributed by atoms with van der Waals surface area (Å²) in [6, 6.07) is 0. The van der Waals surface area contributed by atoms with Crippen LogP contribution in [-0.4, -0.2) is 96.7 Å². The molecule has 0 bridgehead atoms. The molecule has 0 saturated carbocycles. The molecule has 19 heteroatoms. The summed E-state index contributed by atoms with van der Waals surface area (Å²) in [6.45, 7) is 4.90. The molecule has 2 unspecified atom stereocenters. The Morgan fingerprint density at radius 2 is 0.480 bits per heavy atom. The van der Waals surface area contributed by atoms with Gasteiger partial charge in [-0.1, -0.05) is 333 Å². The first-order valence-corrected chi connectivity index (χ1v) is 44.9. The summed E-state index contributed by atoms with van der Waals surface area (Å²) in [5.41, 5.74) is 0. The Balaban J connectivity index is 5.32. The van der Waals surface area contributed by atoms with E-state index in [1.165, 1.54) is 186 Å². The fraction of sp³-hybridized carbons (Fsp3) is 0.855. The van der Waals surface area contributed by atoms with E-state index < -0.39 is 97.5 Å². The van der Waals surface area contributed by atoms with Crippen molar-refractivity contribution in [2.24, 2.45) is 0 Å². The van der Waals surface area contributed by atoms with Gasteiger partial charge in [-0.15, -0.1) is 0 Å². The predicted molar refractivity (Wildman–Crippen MR) is 418 cm³/mol. The van der Waals surface area contributed by atoms with Gasteiger partial charge in [0.1, 0.15) is 19.3 Å². The second-order valence-electron chi connectivity index (χ2n) is 28.4. The van der Waals surface area contributed by atoms with Crippen molar-refractivity contribution in [3.63, 3.8) is 0 Å². The first-order valence-electron chi connectivity index (χ1n) is 41.9. The quantitative estimate of drug-likeness (QED) is 0.0169. The van der Waals surface area contributed by atoms with Crippen LogP contribution in [0.4, 0.5) is 0 Å². The number of unbranched alkanes of at least 4 members (excludes halogenated alkanes) is 46. The van der Waals surface area contributed by atoms with Crippen molar-refractivity contribution in [2.75, 3.05) is 39.6 Å². The van der Waals surface area contributed by atoms with E-state index in [2.05, 4.69) is 76.3 Å². The minimum atomic E-state index is -4.97. The van der Waals surface area contributed by atoms with Crippen molar-refractivity contribution in [1.29, 1.82) is 0 Å². The van der Waals surface area contributed by atoms with Crippen LogP contribution in [0.3, 0.4) is 0 Å². The Hall–Kier alpha value is -2.98. The van der Waals surface area contributed by atoms with E-state index in [0.29, 0.717) is 25.7 Å². The molecule has 0 radical (unpaired) electrons. The van der Waals surface area contributed by atoms with Crippen molar-refractivity contribution in [1.82, 2.24) is 0 Å². The number of ether oxygens (including phenoxy) is 4. The molecule has 3 N–H and O–H groups in total. The van der Waals surface area contributed by atoms with Crippen molar-refractivity contribution in [3.8, 4) is 0 Å². The molecule has 17 nitrogen and oxygen atoms in total. The second-order valence-corrected chi connectivity index (χ2v) is 31.3. The fourth-order valence-corrected chi connectivity index (χ4v) is 13.5. The van der Waals surface area contributed by atoms with Crippen molar-refractivity contribution < 1.29 is 80.2 Å². The highest BCUT2D eigenvalue weighted by atomic mass is 31.2. The number of carbonyl (C=O) groups is 4. The van der Waals surface area contributed by atoms with Crippen LogP contribution < -0.4 is 0 Å². The smallest absolute Gasteiger partial charge is 0.462 e. The Kier molecular flexibility index (Phi) is 74.0. The Morgan fingerprint density at radius 3 is 0.745 bits per heavy atom. The van der Waals surface area contributed by atoms with Crippen molar-refractivity contribution in [3.05, 3.63) is 48.6 Å². The lowest BCUT2D eigenvalue weighted by Gasteiger charge is -2.21. The normalized spacial score (nSPS) is 14.1. The molecular weight excluding hydrogens is 1330 g/mol. The summed E-state index contributed by atoms with van der Waals surface area (Å²) >= 11 is 0. The number of rotatable bonds is 80. The maximum atomic E-state index is 13.1. The molecule has 0 saturated heterocycles. The van der Waals surface area contributed by atoms with Crippen LogP contribution in [0.5, 0.6) is 0 Å². The highest BCUT2D eigenvalue weighted by Gasteiger charge is 2.30. The molecule has 0 amide bonds. The van der Waals surface area contributed by atoms with E-state index in [0.717, 1.165) is 135 Å². The van der Waals surface area contributed by atoms with Crippen LogP contribution in [0.25, 0.3) is 0 Å². The van der Waals surface area contributed by atoms with E-state index in [4.69, 9.17) is 37.0 Å². The van der Waals surface area contributed by atoms with Gasteiger partial charge in [0.25, 0.3) is 0 Å². The van der Waals surface area contributed by atoms with Crippen LogP contribution >= 0.6 is 15.6 Å². The monoisotopic (exact) mass is 1490 g/mol. The summed E-state index contributed by atoms with van der Waals surface area (Å²) in [6.07, 6.45) is 75.0. The van der Waals surface area contributed by atoms with Crippen LogP contribution in [0.2, 0.25) is 0 Å². The topological polar surface area (TPSA) is 237 Å². The van der Waals surface area contributed by atoms with E-state index in [1.807, 2.05) is 0 Å². The van der Waals surface area contributed by atoms with Crippen molar-refractivity contribution in [2.45, 2.75) is 418 Å². The number of carbonyl (C=O) groups excluding carboxylic acids is 4. The van der Waals surface area contributed by atoms with Gasteiger partial charge in [-0.3, -0.25) is 37.3 Å². The highest BCUT2D eigenvalue weighted by molar-refractivity contribution is 7.47. The first-order chi connectivity index (χ1) is 49.7. The zero-order chi connectivity index (χ0) is 74.6. The zero-order valence-corrected chi connectivity index (χ0v) is 67.3. The number of phosphoric ester groups is 2. The third-order valence-corrected chi connectivity index (χ3v) is 20.2. The van der Waals surface area contributed by atoms with Gasteiger partial charge < -0.3 is 33.8 Å². The lowest BCUT2D eigenvalue weighted by atomic mass is 10.0. The van der Waals surface area contributed by atoms with Gasteiger partial charge in [0.05, 0.1) is 26.4 Å². The molecule has 0 aromatic rings. The molecule has 0 rings (SSSR count). The van der Waals surface area contributed by atoms with Gasteiger partial charge in [-0.25, -0.2) is 9.13 Å². The lowest BCUT2D eigenvalue weighted by Crippen LogP contribution is -2.30. The Labute approximate surface area is 623 Å². The van der Waals surface area contributed by atoms with E-state index >= 15 is 0 Å². The van der Waals surface area contributed by atoms with Gasteiger partial charge in [0.15, 0.2) is 12.2 Å². The number of esters is 4. The fourth-order valence-electron chi connectivity index (χ4n) is 11.9. The average Bonchev–Trinajstić information content (AvgIpc) is 0.926. The van der Waals surface area contributed by atoms with Gasteiger partial charge in [0.2, 0.25) is 0 Å².